The van der Waals surface area contributed by atoms with E-state index in [1.54, 1.807) is 24.5 Å². The van der Waals surface area contributed by atoms with Gasteiger partial charge in [0.25, 0.3) is 5.56 Å². The van der Waals surface area contributed by atoms with E-state index in [9.17, 15) is 9.59 Å². The van der Waals surface area contributed by atoms with Gasteiger partial charge in [0.1, 0.15) is 17.8 Å². The molecule has 0 unspecified atom stereocenters. The molecule has 0 N–H and O–H groups in total. The molecule has 0 atom stereocenters. The van der Waals surface area contributed by atoms with Crippen molar-refractivity contribution in [2.24, 2.45) is 17.8 Å². The van der Waals surface area contributed by atoms with E-state index in [1.807, 2.05) is 23.1 Å². The minimum atomic E-state index is -0.276. The van der Waals surface area contributed by atoms with Gasteiger partial charge in [-0.25, -0.2) is 4.68 Å². The van der Waals surface area contributed by atoms with Gasteiger partial charge in [-0.05, 0) is 80.5 Å². The fourth-order valence-corrected chi connectivity index (χ4v) is 6.81. The maximum atomic E-state index is 13.7. The molecule has 2 heterocycles. The van der Waals surface area contributed by atoms with E-state index in [0.29, 0.717) is 35.2 Å². The quantitative estimate of drug-likeness (QED) is 0.634. The lowest BCUT2D eigenvalue weighted by Crippen LogP contribution is -2.61. The summed E-state index contributed by atoms with van der Waals surface area (Å²) in [7, 11) is 0. The van der Waals surface area contributed by atoms with Crippen molar-refractivity contribution in [3.8, 4) is 0 Å². The second-order valence-corrected chi connectivity index (χ2v) is 9.77. The van der Waals surface area contributed by atoms with E-state index >= 15 is 0 Å². The third-order valence-corrected chi connectivity index (χ3v) is 7.69. The topological polar surface area (TPSA) is 81.2 Å². The Bertz CT molecular complexity index is 1150. The van der Waals surface area contributed by atoms with Gasteiger partial charge in [0, 0.05) is 5.54 Å². The molecule has 7 heteroatoms. The summed E-state index contributed by atoms with van der Waals surface area (Å²) in [4.78, 5) is 28.6. The largest absolute Gasteiger partial charge is 0.467 e. The zero-order valence-corrected chi connectivity index (χ0v) is 17.4. The highest BCUT2D eigenvalue weighted by molar-refractivity contribution is 5.79. The van der Waals surface area contributed by atoms with Gasteiger partial charge in [0.2, 0.25) is 5.91 Å². The summed E-state index contributed by atoms with van der Waals surface area (Å²) >= 11 is 0. The van der Waals surface area contributed by atoms with Crippen molar-refractivity contribution in [2.75, 3.05) is 0 Å². The van der Waals surface area contributed by atoms with Crippen LogP contribution in [0.25, 0.3) is 10.9 Å². The minimum Gasteiger partial charge on any atom is -0.467 e. The zero-order valence-electron chi connectivity index (χ0n) is 17.4. The fourth-order valence-electron chi connectivity index (χ4n) is 6.81. The Balaban J connectivity index is 1.35. The highest BCUT2D eigenvalue weighted by Crippen LogP contribution is 2.58. The van der Waals surface area contributed by atoms with Crippen LogP contribution in [-0.2, 0) is 17.9 Å². The second-order valence-electron chi connectivity index (χ2n) is 9.77. The number of fused-ring (bicyclic) bond motifs is 1. The highest BCUT2D eigenvalue weighted by Gasteiger charge is 2.54. The van der Waals surface area contributed by atoms with Crippen LogP contribution in [0.4, 0.5) is 0 Å². The van der Waals surface area contributed by atoms with Gasteiger partial charge in [-0.1, -0.05) is 17.3 Å². The zero-order chi connectivity index (χ0) is 21.0. The van der Waals surface area contributed by atoms with Crippen LogP contribution in [0.3, 0.4) is 0 Å². The lowest BCUT2D eigenvalue weighted by Gasteiger charge is -2.60. The van der Waals surface area contributed by atoms with Gasteiger partial charge >= 0.3 is 0 Å². The molecule has 4 saturated carbocycles. The number of nitrogens with zero attached hydrogens (tertiary/aromatic N) is 4. The first kappa shape index (κ1) is 18.8. The molecular weight excluding hydrogens is 392 g/mol. The van der Waals surface area contributed by atoms with Crippen LogP contribution < -0.4 is 5.56 Å². The van der Waals surface area contributed by atoms with E-state index in [0.717, 1.165) is 25.0 Å². The standard InChI is InChI=1S/C24H26N4O3/c29-22(15-28-23(30)20-5-1-2-6-21(20)25-26-28)27(14-19-4-3-7-31-19)24-11-16-8-17(12-24)10-18(9-16)13-24/h1-7,16-18H,8-15H2. The van der Waals surface area contributed by atoms with Gasteiger partial charge < -0.3 is 9.32 Å². The summed E-state index contributed by atoms with van der Waals surface area (Å²) < 4.78 is 6.83. The Hall–Kier alpha value is -2.96. The number of hydrogen-bond acceptors (Lipinski definition) is 5. The van der Waals surface area contributed by atoms with Gasteiger partial charge in [-0.2, -0.15) is 0 Å². The third-order valence-electron chi connectivity index (χ3n) is 7.69. The van der Waals surface area contributed by atoms with Crippen LogP contribution in [-0.4, -0.2) is 31.3 Å². The van der Waals surface area contributed by atoms with Gasteiger partial charge in [0.05, 0.1) is 18.2 Å². The van der Waals surface area contributed by atoms with Crippen molar-refractivity contribution in [1.29, 1.82) is 0 Å². The van der Waals surface area contributed by atoms with Crippen molar-refractivity contribution >= 4 is 16.8 Å². The molecular formula is C24H26N4O3. The monoisotopic (exact) mass is 418 g/mol. The number of aromatic nitrogens is 3. The second kappa shape index (κ2) is 7.04. The van der Waals surface area contributed by atoms with Crippen molar-refractivity contribution < 1.29 is 9.21 Å². The smallest absolute Gasteiger partial charge is 0.278 e. The minimum absolute atomic E-state index is 0.0787. The van der Waals surface area contributed by atoms with E-state index < -0.39 is 0 Å². The molecule has 4 bridgehead atoms. The SMILES string of the molecule is O=C(Cn1nnc2ccccc2c1=O)N(Cc1ccco1)C12CC3CC(CC(C3)C1)C2. The van der Waals surface area contributed by atoms with Crippen LogP contribution >= 0.6 is 0 Å². The van der Waals surface area contributed by atoms with Crippen molar-refractivity contribution in [3.05, 3.63) is 58.8 Å². The van der Waals surface area contributed by atoms with Crippen molar-refractivity contribution in [2.45, 2.75) is 57.2 Å². The highest BCUT2D eigenvalue weighted by atomic mass is 16.3. The van der Waals surface area contributed by atoms with E-state index in [4.69, 9.17) is 4.42 Å². The first-order chi connectivity index (χ1) is 15.1. The summed E-state index contributed by atoms with van der Waals surface area (Å²) in [6.07, 6.45) is 8.74. The van der Waals surface area contributed by atoms with Crippen molar-refractivity contribution in [1.82, 2.24) is 19.9 Å². The summed E-state index contributed by atoms with van der Waals surface area (Å²) in [6.45, 7) is 0.340. The molecule has 0 spiro atoms. The summed E-state index contributed by atoms with van der Waals surface area (Å²) in [6, 6.07) is 10.9. The van der Waals surface area contributed by atoms with E-state index in [1.165, 1.54) is 23.9 Å². The molecule has 160 valence electrons. The summed E-state index contributed by atoms with van der Waals surface area (Å²) in [5.74, 6) is 2.83. The molecule has 3 aromatic rings. The lowest BCUT2D eigenvalue weighted by molar-refractivity contribution is -0.154. The Kier molecular flexibility index (Phi) is 4.26. The number of carbonyl (C=O) groups is 1. The predicted octanol–water partition coefficient (Wildman–Crippen LogP) is 3.38. The Morgan fingerprint density at radius 3 is 2.45 bits per heavy atom. The molecule has 0 radical (unpaired) electrons. The van der Waals surface area contributed by atoms with Crippen LogP contribution in [0.2, 0.25) is 0 Å². The average molecular weight is 418 g/mol. The first-order valence-electron chi connectivity index (χ1n) is 11.2. The fraction of sp³-hybridized carbons (Fsp3) is 0.500. The van der Waals surface area contributed by atoms with Crippen LogP contribution in [0.15, 0.2) is 51.9 Å². The van der Waals surface area contributed by atoms with E-state index in [-0.39, 0.29) is 23.6 Å². The summed E-state index contributed by atoms with van der Waals surface area (Å²) in [5.41, 5.74) is 0.138. The van der Waals surface area contributed by atoms with Crippen LogP contribution in [0.5, 0.6) is 0 Å². The molecule has 4 aliphatic carbocycles. The molecule has 7 rings (SSSR count). The number of rotatable bonds is 5. The third kappa shape index (κ3) is 3.18. The number of benzene rings is 1. The Morgan fingerprint density at radius 1 is 1.06 bits per heavy atom. The molecule has 1 aromatic carbocycles. The summed E-state index contributed by atoms with van der Waals surface area (Å²) in [5, 5.41) is 8.69. The lowest BCUT2D eigenvalue weighted by atomic mass is 9.52. The number of furan rings is 1. The number of amides is 1. The van der Waals surface area contributed by atoms with Crippen LogP contribution in [0.1, 0.15) is 44.3 Å². The molecule has 31 heavy (non-hydrogen) atoms. The maximum Gasteiger partial charge on any atom is 0.278 e. The van der Waals surface area contributed by atoms with Crippen molar-refractivity contribution in [3.63, 3.8) is 0 Å². The van der Waals surface area contributed by atoms with E-state index in [2.05, 4.69) is 10.3 Å². The molecule has 7 nitrogen and oxygen atoms in total. The van der Waals surface area contributed by atoms with Gasteiger partial charge in [0.15, 0.2) is 0 Å². The Morgan fingerprint density at radius 2 is 1.77 bits per heavy atom. The number of hydrogen-bond donors (Lipinski definition) is 0. The predicted molar refractivity (Wildman–Crippen MR) is 114 cm³/mol. The Labute approximate surface area is 180 Å². The normalized spacial score (nSPS) is 28.8. The van der Waals surface area contributed by atoms with Gasteiger partial charge in [-0.3, -0.25) is 9.59 Å². The average Bonchev–Trinajstić information content (AvgIpc) is 3.26. The molecule has 2 aromatic heterocycles. The molecule has 4 aliphatic rings. The van der Waals surface area contributed by atoms with Gasteiger partial charge in [-0.15, -0.1) is 5.10 Å². The molecule has 0 saturated heterocycles. The molecule has 4 fully saturated rings. The molecule has 0 aliphatic heterocycles. The number of carbonyl (C=O) groups excluding carboxylic acids is 1. The van der Waals surface area contributed by atoms with Crippen LogP contribution in [0, 0.1) is 17.8 Å². The molecule has 1 amide bonds. The maximum absolute atomic E-state index is 13.7. The first-order valence-corrected chi connectivity index (χ1v) is 11.2.